The van der Waals surface area contributed by atoms with E-state index in [9.17, 15) is 10.1 Å². The molecule has 3 aromatic heterocycles. The summed E-state index contributed by atoms with van der Waals surface area (Å²) in [7, 11) is 2.14. The number of aromatic nitrogens is 3. The van der Waals surface area contributed by atoms with Gasteiger partial charge in [0.1, 0.15) is 22.6 Å². The number of aryl methyl sites for hydroxylation is 1. The van der Waals surface area contributed by atoms with E-state index in [1.165, 1.54) is 17.4 Å². The highest BCUT2D eigenvalue weighted by molar-refractivity contribution is 7.16. The minimum absolute atomic E-state index is 0.0315. The van der Waals surface area contributed by atoms with Crippen molar-refractivity contribution in [3.63, 3.8) is 0 Å². The third-order valence-electron chi connectivity index (χ3n) is 8.85. The quantitative estimate of drug-likeness (QED) is 0.444. The summed E-state index contributed by atoms with van der Waals surface area (Å²) in [5.74, 6) is 1.76. The summed E-state index contributed by atoms with van der Waals surface area (Å²) in [6.45, 7) is 12.3. The molecule has 0 aromatic carbocycles. The number of hydrogen-bond acceptors (Lipinski definition) is 11. The molecule has 1 aliphatic carbocycles. The van der Waals surface area contributed by atoms with E-state index < -0.39 is 5.41 Å². The predicted molar refractivity (Wildman–Crippen MR) is 164 cm³/mol. The van der Waals surface area contributed by atoms with Gasteiger partial charge in [-0.15, -0.1) is 11.3 Å². The van der Waals surface area contributed by atoms with Crippen LogP contribution in [0, 0.1) is 11.3 Å². The summed E-state index contributed by atoms with van der Waals surface area (Å²) in [6.07, 6.45) is 4.89. The zero-order chi connectivity index (χ0) is 29.4. The highest BCUT2D eigenvalue weighted by Gasteiger charge is 2.43. The Morgan fingerprint density at radius 3 is 2.67 bits per heavy atom. The van der Waals surface area contributed by atoms with Crippen LogP contribution < -0.4 is 15.5 Å². The second-order valence-corrected chi connectivity index (χ2v) is 12.7. The molecule has 220 valence electrons. The van der Waals surface area contributed by atoms with Gasteiger partial charge in [-0.3, -0.25) is 4.79 Å². The number of amides is 1. The van der Waals surface area contributed by atoms with Gasteiger partial charge in [-0.1, -0.05) is 11.7 Å². The Morgan fingerprint density at radius 1 is 1.12 bits per heavy atom. The molecule has 2 aliphatic heterocycles. The van der Waals surface area contributed by atoms with Crippen LogP contribution >= 0.6 is 11.3 Å². The second kappa shape index (κ2) is 11.4. The number of rotatable bonds is 5. The lowest BCUT2D eigenvalue weighted by Crippen LogP contribution is -2.45. The molecule has 2 N–H and O–H groups in total. The first kappa shape index (κ1) is 28.2. The van der Waals surface area contributed by atoms with Crippen LogP contribution in [-0.2, 0) is 16.6 Å². The average molecular weight is 588 g/mol. The Bertz CT molecular complexity index is 1530. The van der Waals surface area contributed by atoms with Crippen LogP contribution in [0.4, 0.5) is 16.5 Å². The van der Waals surface area contributed by atoms with Crippen LogP contribution in [0.5, 0.6) is 0 Å². The fourth-order valence-corrected chi connectivity index (χ4v) is 7.57. The van der Waals surface area contributed by atoms with Crippen molar-refractivity contribution in [2.24, 2.45) is 0 Å². The lowest BCUT2D eigenvalue weighted by molar-refractivity contribution is -0.125. The number of carbonyl (C=O) groups is 1. The lowest BCUT2D eigenvalue weighted by Gasteiger charge is -2.34. The number of carbonyl (C=O) groups excluding carboxylic acids is 1. The Hall–Kier alpha value is -3.95. The molecule has 2 fully saturated rings. The highest BCUT2D eigenvalue weighted by Crippen LogP contribution is 2.48. The first-order valence-corrected chi connectivity index (χ1v) is 15.4. The molecule has 6 rings (SSSR count). The van der Waals surface area contributed by atoms with Crippen molar-refractivity contribution in [1.29, 1.82) is 5.26 Å². The Balaban J connectivity index is 1.37. The van der Waals surface area contributed by atoms with E-state index in [-0.39, 0.29) is 5.91 Å². The molecule has 1 unspecified atom stereocenters. The fraction of sp³-hybridized carbons (Fsp3) is 0.500. The highest BCUT2D eigenvalue weighted by atomic mass is 32.1. The van der Waals surface area contributed by atoms with Crippen LogP contribution in [0.1, 0.15) is 48.1 Å². The maximum absolute atomic E-state index is 12.3. The summed E-state index contributed by atoms with van der Waals surface area (Å²) < 4.78 is 5.95. The minimum atomic E-state index is -0.595. The van der Waals surface area contributed by atoms with Crippen molar-refractivity contribution in [1.82, 2.24) is 24.9 Å². The predicted octanol–water partition coefficient (Wildman–Crippen LogP) is 3.27. The number of thiophene rings is 1. The number of nitriles is 1. The van der Waals surface area contributed by atoms with Crippen LogP contribution in [0.3, 0.4) is 0 Å². The Morgan fingerprint density at radius 2 is 1.90 bits per heavy atom. The third-order valence-corrected chi connectivity index (χ3v) is 9.93. The van der Waals surface area contributed by atoms with Gasteiger partial charge in [-0.25, -0.2) is 4.98 Å². The average Bonchev–Trinajstić information content (AvgIpc) is 3.55. The van der Waals surface area contributed by atoms with Crippen LogP contribution in [0.15, 0.2) is 29.3 Å². The number of nitrogens with two attached hydrogens (primary N) is 1. The number of hydrogen-bond donors (Lipinski definition) is 1. The topological polar surface area (TPSA) is 132 Å². The summed E-state index contributed by atoms with van der Waals surface area (Å²) in [4.78, 5) is 32.2. The molecule has 12 heteroatoms. The number of nitrogens with zero attached hydrogens (tertiary/aromatic N) is 8. The van der Waals surface area contributed by atoms with Gasteiger partial charge in [0.2, 0.25) is 17.6 Å². The molecule has 0 bridgehead atoms. The minimum Gasteiger partial charge on any atom is -0.389 e. The van der Waals surface area contributed by atoms with Crippen LogP contribution in [0.2, 0.25) is 0 Å². The number of nitrogen functional groups attached to an aromatic ring is 1. The van der Waals surface area contributed by atoms with Gasteiger partial charge in [0.15, 0.2) is 0 Å². The van der Waals surface area contributed by atoms with Crippen molar-refractivity contribution in [2.75, 3.05) is 74.9 Å². The third kappa shape index (κ3) is 5.12. The van der Waals surface area contributed by atoms with E-state index in [4.69, 9.17) is 20.2 Å². The monoisotopic (exact) mass is 587 g/mol. The van der Waals surface area contributed by atoms with Crippen LogP contribution in [-0.4, -0.2) is 90.2 Å². The summed E-state index contributed by atoms with van der Waals surface area (Å²) in [5, 5.41) is 14.9. The number of likely N-dealkylation sites (N-methyl/N-ethyl adjacent to an activating group) is 1. The molecule has 5 heterocycles. The number of piperazine rings is 1. The smallest absolute Gasteiger partial charge is 0.246 e. The molecule has 3 aliphatic rings. The molecular formula is C30H37N9O2S. The zero-order valence-corrected chi connectivity index (χ0v) is 25.1. The van der Waals surface area contributed by atoms with Crippen molar-refractivity contribution in [2.45, 2.75) is 38.0 Å². The van der Waals surface area contributed by atoms with Gasteiger partial charge in [0, 0.05) is 74.6 Å². The summed E-state index contributed by atoms with van der Waals surface area (Å²) >= 11 is 1.49. The van der Waals surface area contributed by atoms with Crippen molar-refractivity contribution in [3.05, 3.63) is 46.7 Å². The van der Waals surface area contributed by atoms with Gasteiger partial charge < -0.3 is 29.9 Å². The van der Waals surface area contributed by atoms with E-state index in [2.05, 4.69) is 52.5 Å². The molecule has 2 saturated heterocycles. The summed E-state index contributed by atoms with van der Waals surface area (Å²) in [6, 6.07) is 6.48. The maximum atomic E-state index is 12.3. The van der Waals surface area contributed by atoms with Gasteiger partial charge >= 0.3 is 0 Å². The number of pyridine rings is 1. The standard InChI is InChI=1S/C30H37N9O2S/c1-4-25(40)39-10-6-9-37(15-16-39)20-17-22(33-24(18-20)38-13-11-36(3)12-14-38)28-34-29(41-35-28)30(2)8-5-7-23-26(30)21(19-31)27(32)42-23/h4,17-18H,1,5-16,32H2,2-3H3. The second-order valence-electron chi connectivity index (χ2n) is 11.6. The number of fused-ring (bicyclic) bond motifs is 1. The first-order valence-electron chi connectivity index (χ1n) is 14.6. The van der Waals surface area contributed by atoms with E-state index in [1.807, 2.05) is 11.0 Å². The molecular weight excluding hydrogens is 550 g/mol. The SMILES string of the molecule is C=CC(=O)N1CCCN(c2cc(-c3noc(C4(C)CCCc5sc(N)c(C#N)c54)n3)nc(N3CCN(C)CC3)c2)CC1. The normalized spacial score (nSPS) is 21.5. The number of anilines is 3. The van der Waals surface area contributed by atoms with Crippen molar-refractivity contribution >= 4 is 33.8 Å². The lowest BCUT2D eigenvalue weighted by atomic mass is 9.72. The Labute approximate surface area is 250 Å². The molecule has 0 saturated carbocycles. The molecule has 1 atom stereocenters. The molecule has 0 radical (unpaired) electrons. The van der Waals surface area contributed by atoms with E-state index >= 15 is 0 Å². The molecule has 11 nitrogen and oxygen atoms in total. The van der Waals surface area contributed by atoms with Crippen molar-refractivity contribution in [3.8, 4) is 17.6 Å². The fourth-order valence-electron chi connectivity index (χ4n) is 6.38. The largest absolute Gasteiger partial charge is 0.389 e. The first-order chi connectivity index (χ1) is 20.3. The van der Waals surface area contributed by atoms with Gasteiger partial charge in [-0.2, -0.15) is 10.2 Å². The molecule has 0 spiro atoms. The van der Waals surface area contributed by atoms with Gasteiger partial charge in [0.05, 0.1) is 11.0 Å². The van der Waals surface area contributed by atoms with E-state index in [0.29, 0.717) is 47.6 Å². The Kier molecular flexibility index (Phi) is 7.64. The van der Waals surface area contributed by atoms with Crippen LogP contribution in [0.25, 0.3) is 11.5 Å². The van der Waals surface area contributed by atoms with Crippen molar-refractivity contribution < 1.29 is 9.32 Å². The zero-order valence-electron chi connectivity index (χ0n) is 24.3. The maximum Gasteiger partial charge on any atom is 0.246 e. The molecule has 1 amide bonds. The van der Waals surface area contributed by atoms with Gasteiger partial charge in [-0.05, 0) is 51.8 Å². The van der Waals surface area contributed by atoms with E-state index in [1.54, 1.807) is 0 Å². The molecule has 3 aromatic rings. The van der Waals surface area contributed by atoms with Gasteiger partial charge in [0.25, 0.3) is 0 Å². The molecule has 42 heavy (non-hydrogen) atoms. The summed E-state index contributed by atoms with van der Waals surface area (Å²) in [5.41, 5.74) is 8.76. The van der Waals surface area contributed by atoms with E-state index in [0.717, 1.165) is 80.4 Å².